The van der Waals surface area contributed by atoms with Crippen LogP contribution in [0.25, 0.3) is 0 Å². The summed E-state index contributed by atoms with van der Waals surface area (Å²) in [6.07, 6.45) is 0. The van der Waals surface area contributed by atoms with Gasteiger partial charge >= 0.3 is 5.97 Å². The highest BCUT2D eigenvalue weighted by Gasteiger charge is 2.28. The first kappa shape index (κ1) is 15.2. The van der Waals surface area contributed by atoms with Crippen molar-refractivity contribution in [2.75, 3.05) is 13.7 Å². The van der Waals surface area contributed by atoms with Gasteiger partial charge in [-0.15, -0.1) is 0 Å². The van der Waals surface area contributed by atoms with Crippen molar-refractivity contribution in [3.05, 3.63) is 29.1 Å². The van der Waals surface area contributed by atoms with E-state index in [1.807, 2.05) is 0 Å². The fraction of sp³-hybridized carbons (Fsp3) is 0.300. The summed E-state index contributed by atoms with van der Waals surface area (Å²) in [6, 6.07) is -1.43. The summed E-state index contributed by atoms with van der Waals surface area (Å²) in [6.45, 7) is -0.814. The van der Waals surface area contributed by atoms with Gasteiger partial charge in [0, 0.05) is 0 Å². The largest absolute Gasteiger partial charge is 0.485 e. The van der Waals surface area contributed by atoms with E-state index < -0.39 is 53.5 Å². The zero-order valence-corrected chi connectivity index (χ0v) is 9.48. The van der Waals surface area contributed by atoms with Gasteiger partial charge in [-0.25, -0.2) is 13.2 Å². The van der Waals surface area contributed by atoms with Crippen molar-refractivity contribution < 1.29 is 36.2 Å². The molecule has 0 spiro atoms. The Bertz CT molecular complexity index is 479. The normalized spacial score (nSPS) is 12.2. The van der Waals surface area contributed by atoms with E-state index in [1.54, 1.807) is 0 Å². The maximum absolute atomic E-state index is 13.1. The number of nitrogens with two attached hydrogens (primary N) is 1. The highest BCUT2D eigenvalue weighted by molar-refractivity contribution is 5.75. The van der Waals surface area contributed by atoms with Crippen LogP contribution in [0.3, 0.4) is 0 Å². The van der Waals surface area contributed by atoms with Gasteiger partial charge in [0.25, 0.3) is 0 Å². The van der Waals surface area contributed by atoms with E-state index in [1.165, 1.54) is 0 Å². The molecule has 1 aromatic rings. The van der Waals surface area contributed by atoms with E-state index in [-0.39, 0.29) is 0 Å². The maximum Gasteiger partial charge on any atom is 0.326 e. The summed E-state index contributed by atoms with van der Waals surface area (Å²) in [7, 11) is 1.00. The smallest absolute Gasteiger partial charge is 0.326 e. The molecule has 0 aliphatic carbocycles. The molecular weight excluding hydrogens is 277 g/mol. The molecule has 1 rings (SSSR count). The molecule has 4 nitrogen and oxygen atoms in total. The van der Waals surface area contributed by atoms with Gasteiger partial charge in [0.15, 0.2) is 5.75 Å². The monoisotopic (exact) mass is 285 g/mol. The summed E-state index contributed by atoms with van der Waals surface area (Å²) < 4.78 is 73.1. The molecular formula is C10H8F5NO3. The van der Waals surface area contributed by atoms with Crippen molar-refractivity contribution in [1.82, 2.24) is 0 Å². The van der Waals surface area contributed by atoms with Crippen LogP contribution in [0.5, 0.6) is 5.75 Å². The summed E-state index contributed by atoms with van der Waals surface area (Å²) in [5.41, 5.74) is 5.18. The van der Waals surface area contributed by atoms with Gasteiger partial charge in [0.1, 0.15) is 12.6 Å². The lowest BCUT2D eigenvalue weighted by Crippen LogP contribution is -2.37. The highest BCUT2D eigenvalue weighted by Crippen LogP contribution is 2.29. The van der Waals surface area contributed by atoms with Crippen LogP contribution in [0.2, 0.25) is 0 Å². The summed E-state index contributed by atoms with van der Waals surface area (Å²) in [5, 5.41) is 0. The molecule has 0 aliphatic heterocycles. The molecule has 0 saturated carbocycles. The Balaban J connectivity index is 3.00. The minimum absolute atomic E-state index is 0.814. The third-order valence-electron chi connectivity index (χ3n) is 2.08. The van der Waals surface area contributed by atoms with Gasteiger partial charge in [-0.05, 0) is 0 Å². The third-order valence-corrected chi connectivity index (χ3v) is 2.08. The lowest BCUT2D eigenvalue weighted by atomic mass is 10.2. The van der Waals surface area contributed by atoms with Gasteiger partial charge in [-0.1, -0.05) is 0 Å². The van der Waals surface area contributed by atoms with Crippen molar-refractivity contribution >= 4 is 5.97 Å². The van der Waals surface area contributed by atoms with Crippen LogP contribution in [0, 0.1) is 29.1 Å². The first-order chi connectivity index (χ1) is 8.81. The molecule has 0 bridgehead atoms. The molecule has 0 fully saturated rings. The van der Waals surface area contributed by atoms with Crippen LogP contribution in [0.4, 0.5) is 22.0 Å². The minimum atomic E-state index is -2.31. The fourth-order valence-electron chi connectivity index (χ4n) is 1.10. The third kappa shape index (κ3) is 2.92. The summed E-state index contributed by atoms with van der Waals surface area (Å²) in [4.78, 5) is 10.9. The van der Waals surface area contributed by atoms with E-state index in [9.17, 15) is 26.7 Å². The van der Waals surface area contributed by atoms with Crippen molar-refractivity contribution in [1.29, 1.82) is 0 Å². The molecule has 0 radical (unpaired) electrons. The fourth-order valence-corrected chi connectivity index (χ4v) is 1.10. The molecule has 0 amide bonds. The Labute approximate surface area is 103 Å². The van der Waals surface area contributed by atoms with Gasteiger partial charge < -0.3 is 15.2 Å². The molecule has 106 valence electrons. The number of esters is 1. The number of halogens is 5. The van der Waals surface area contributed by atoms with Crippen LogP contribution in [-0.2, 0) is 9.53 Å². The molecule has 0 heterocycles. The Hall–Kier alpha value is -1.90. The predicted molar refractivity (Wildman–Crippen MR) is 51.7 cm³/mol. The molecule has 1 atom stereocenters. The highest BCUT2D eigenvalue weighted by atomic mass is 19.2. The van der Waals surface area contributed by atoms with Crippen molar-refractivity contribution in [2.24, 2.45) is 5.73 Å². The van der Waals surface area contributed by atoms with Crippen LogP contribution >= 0.6 is 0 Å². The quantitative estimate of drug-likeness (QED) is 0.391. The molecule has 0 aliphatic rings. The van der Waals surface area contributed by atoms with E-state index in [2.05, 4.69) is 9.47 Å². The lowest BCUT2D eigenvalue weighted by molar-refractivity contribution is -0.142. The van der Waals surface area contributed by atoms with Gasteiger partial charge in [-0.2, -0.15) is 8.78 Å². The van der Waals surface area contributed by atoms with Crippen LogP contribution < -0.4 is 10.5 Å². The molecule has 19 heavy (non-hydrogen) atoms. The first-order valence-corrected chi connectivity index (χ1v) is 4.78. The standard InChI is InChI=1S/C10H8F5NO3/c1-18-10(17)3(16)2-19-9-7(14)5(12)4(11)6(13)8(9)15/h3H,2,16H2,1H3. The van der Waals surface area contributed by atoms with Gasteiger partial charge in [-0.3, -0.25) is 4.79 Å². The van der Waals surface area contributed by atoms with Crippen LogP contribution in [0.15, 0.2) is 0 Å². The Morgan fingerprint density at radius 3 is 1.89 bits per heavy atom. The molecule has 1 aromatic carbocycles. The van der Waals surface area contributed by atoms with Crippen molar-refractivity contribution in [3.8, 4) is 5.75 Å². The second kappa shape index (κ2) is 5.83. The molecule has 0 saturated heterocycles. The number of hydrogen-bond donors (Lipinski definition) is 1. The average Bonchev–Trinajstić information content (AvgIpc) is 2.41. The molecule has 2 N–H and O–H groups in total. The lowest BCUT2D eigenvalue weighted by Gasteiger charge is -2.13. The zero-order chi connectivity index (χ0) is 14.7. The molecule has 1 unspecified atom stereocenters. The summed E-state index contributed by atoms with van der Waals surface area (Å²) >= 11 is 0. The number of carbonyl (C=O) groups is 1. The van der Waals surface area contributed by atoms with E-state index in [4.69, 9.17) is 5.73 Å². The number of rotatable bonds is 4. The number of hydrogen-bond acceptors (Lipinski definition) is 4. The SMILES string of the molecule is COC(=O)C(N)COc1c(F)c(F)c(F)c(F)c1F. The Morgan fingerprint density at radius 2 is 1.47 bits per heavy atom. The Kier molecular flexibility index (Phi) is 4.65. The topological polar surface area (TPSA) is 61.5 Å². The van der Waals surface area contributed by atoms with Gasteiger partial charge in [0.05, 0.1) is 7.11 Å². The first-order valence-electron chi connectivity index (χ1n) is 4.78. The predicted octanol–water partition coefficient (Wildman–Crippen LogP) is 1.26. The number of methoxy groups -OCH3 is 1. The second-order valence-electron chi connectivity index (χ2n) is 3.34. The van der Waals surface area contributed by atoms with Gasteiger partial charge in [0.2, 0.25) is 29.1 Å². The van der Waals surface area contributed by atoms with Crippen molar-refractivity contribution in [3.63, 3.8) is 0 Å². The number of carbonyl (C=O) groups excluding carboxylic acids is 1. The van der Waals surface area contributed by atoms with E-state index in [0.717, 1.165) is 7.11 Å². The Morgan fingerprint density at radius 1 is 1.05 bits per heavy atom. The van der Waals surface area contributed by atoms with E-state index in [0.29, 0.717) is 0 Å². The minimum Gasteiger partial charge on any atom is -0.485 e. The zero-order valence-electron chi connectivity index (χ0n) is 9.48. The number of ether oxygens (including phenoxy) is 2. The van der Waals surface area contributed by atoms with E-state index >= 15 is 0 Å². The second-order valence-corrected chi connectivity index (χ2v) is 3.34. The van der Waals surface area contributed by atoms with Crippen LogP contribution in [0.1, 0.15) is 0 Å². The van der Waals surface area contributed by atoms with Crippen LogP contribution in [-0.4, -0.2) is 25.7 Å². The number of benzene rings is 1. The van der Waals surface area contributed by atoms with Crippen molar-refractivity contribution in [2.45, 2.75) is 6.04 Å². The maximum atomic E-state index is 13.1. The molecule has 9 heteroatoms. The molecule has 0 aromatic heterocycles. The summed E-state index contributed by atoms with van der Waals surface area (Å²) in [5.74, 6) is -13.4. The average molecular weight is 285 g/mol.